The van der Waals surface area contributed by atoms with Crippen molar-refractivity contribution in [1.29, 1.82) is 0 Å². The van der Waals surface area contributed by atoms with Crippen molar-refractivity contribution < 1.29 is 4.74 Å². The molecule has 0 amide bonds. The molecule has 0 heterocycles. The Kier molecular flexibility index (Phi) is 4.39. The molecule has 2 nitrogen and oxygen atoms in total. The van der Waals surface area contributed by atoms with Crippen molar-refractivity contribution in [3.8, 4) is 5.75 Å². The van der Waals surface area contributed by atoms with Gasteiger partial charge in [0.15, 0.2) is 0 Å². The Morgan fingerprint density at radius 2 is 1.78 bits per heavy atom. The van der Waals surface area contributed by atoms with E-state index in [0.29, 0.717) is 6.54 Å². The number of hydrogen-bond donors (Lipinski definition) is 1. The van der Waals surface area contributed by atoms with Crippen LogP contribution in [0, 0.1) is 6.92 Å². The summed E-state index contributed by atoms with van der Waals surface area (Å²) in [6.07, 6.45) is -0.112. The third kappa shape index (κ3) is 3.12. The lowest BCUT2D eigenvalue weighted by molar-refractivity contribution is 0.213. The fourth-order valence-corrected chi connectivity index (χ4v) is 2.04. The predicted octanol–water partition coefficient (Wildman–Crippen LogP) is 3.84. The SMILES string of the molecule is Cc1ccccc1OC(CN)c1ccc(Br)cc1. The van der Waals surface area contributed by atoms with Gasteiger partial charge in [0.05, 0.1) is 0 Å². The van der Waals surface area contributed by atoms with E-state index >= 15 is 0 Å². The first-order valence-electron chi connectivity index (χ1n) is 5.88. The third-order valence-corrected chi connectivity index (χ3v) is 3.35. The average molecular weight is 306 g/mol. The molecule has 2 aromatic rings. The van der Waals surface area contributed by atoms with Crippen LogP contribution in [0.3, 0.4) is 0 Å². The zero-order chi connectivity index (χ0) is 13.0. The van der Waals surface area contributed by atoms with Gasteiger partial charge in [0.25, 0.3) is 0 Å². The van der Waals surface area contributed by atoms with Gasteiger partial charge >= 0.3 is 0 Å². The molecule has 0 bridgehead atoms. The summed E-state index contributed by atoms with van der Waals surface area (Å²) < 4.78 is 7.03. The summed E-state index contributed by atoms with van der Waals surface area (Å²) in [4.78, 5) is 0. The Balaban J connectivity index is 2.20. The highest BCUT2D eigenvalue weighted by Crippen LogP contribution is 2.25. The molecule has 18 heavy (non-hydrogen) atoms. The van der Waals surface area contributed by atoms with E-state index in [1.54, 1.807) is 0 Å². The van der Waals surface area contributed by atoms with Crippen LogP contribution in [0.5, 0.6) is 5.75 Å². The van der Waals surface area contributed by atoms with Gasteiger partial charge in [0.2, 0.25) is 0 Å². The average Bonchev–Trinajstić information content (AvgIpc) is 2.39. The van der Waals surface area contributed by atoms with Crippen LogP contribution in [0.25, 0.3) is 0 Å². The number of benzene rings is 2. The number of rotatable bonds is 4. The van der Waals surface area contributed by atoms with Gasteiger partial charge in [0, 0.05) is 11.0 Å². The van der Waals surface area contributed by atoms with Crippen LogP contribution in [0.2, 0.25) is 0 Å². The number of para-hydroxylation sites is 1. The molecule has 2 rings (SSSR count). The molecular formula is C15H16BrNO. The van der Waals surface area contributed by atoms with Crippen molar-refractivity contribution in [1.82, 2.24) is 0 Å². The zero-order valence-corrected chi connectivity index (χ0v) is 11.9. The lowest BCUT2D eigenvalue weighted by Gasteiger charge is -2.19. The Bertz CT molecular complexity index is 510. The van der Waals surface area contributed by atoms with Gasteiger partial charge in [-0.25, -0.2) is 0 Å². The van der Waals surface area contributed by atoms with Crippen molar-refractivity contribution in [2.24, 2.45) is 5.73 Å². The first-order valence-corrected chi connectivity index (χ1v) is 6.68. The first kappa shape index (κ1) is 13.1. The summed E-state index contributed by atoms with van der Waals surface area (Å²) in [5.41, 5.74) is 8.01. The molecule has 0 saturated heterocycles. The maximum absolute atomic E-state index is 5.98. The van der Waals surface area contributed by atoms with Gasteiger partial charge in [-0.05, 0) is 36.2 Å². The van der Waals surface area contributed by atoms with Crippen LogP contribution in [0.15, 0.2) is 53.0 Å². The largest absolute Gasteiger partial charge is 0.484 e. The molecule has 0 aromatic heterocycles. The molecule has 2 aromatic carbocycles. The number of hydrogen-bond acceptors (Lipinski definition) is 2. The minimum Gasteiger partial charge on any atom is -0.484 e. The fraction of sp³-hybridized carbons (Fsp3) is 0.200. The lowest BCUT2D eigenvalue weighted by atomic mass is 10.1. The van der Waals surface area contributed by atoms with Gasteiger partial charge < -0.3 is 10.5 Å². The number of nitrogens with two attached hydrogens (primary N) is 1. The minimum absolute atomic E-state index is 0.112. The molecule has 94 valence electrons. The van der Waals surface area contributed by atoms with Gasteiger partial charge in [-0.2, -0.15) is 0 Å². The van der Waals surface area contributed by atoms with Crippen molar-refractivity contribution in [3.05, 3.63) is 64.1 Å². The summed E-state index contributed by atoms with van der Waals surface area (Å²) in [6, 6.07) is 16.0. The van der Waals surface area contributed by atoms with E-state index in [0.717, 1.165) is 21.3 Å². The Morgan fingerprint density at radius 3 is 2.39 bits per heavy atom. The lowest BCUT2D eigenvalue weighted by Crippen LogP contribution is -2.18. The monoisotopic (exact) mass is 305 g/mol. The Labute approximate surface area is 116 Å². The van der Waals surface area contributed by atoms with Crippen LogP contribution < -0.4 is 10.5 Å². The first-order chi connectivity index (χ1) is 8.70. The molecule has 0 aliphatic carbocycles. The molecule has 1 atom stereocenters. The highest BCUT2D eigenvalue weighted by atomic mass is 79.9. The van der Waals surface area contributed by atoms with Gasteiger partial charge in [-0.1, -0.05) is 46.3 Å². The molecular weight excluding hydrogens is 290 g/mol. The maximum Gasteiger partial charge on any atom is 0.136 e. The Morgan fingerprint density at radius 1 is 1.11 bits per heavy atom. The quantitative estimate of drug-likeness (QED) is 0.931. The molecule has 0 radical (unpaired) electrons. The van der Waals surface area contributed by atoms with Crippen LogP contribution in [-0.4, -0.2) is 6.54 Å². The van der Waals surface area contributed by atoms with Crippen LogP contribution >= 0.6 is 15.9 Å². The number of ether oxygens (including phenoxy) is 1. The molecule has 1 unspecified atom stereocenters. The van der Waals surface area contributed by atoms with E-state index < -0.39 is 0 Å². The standard InChI is InChI=1S/C15H16BrNO/c1-11-4-2-3-5-14(11)18-15(10-17)12-6-8-13(16)9-7-12/h2-9,15H,10,17H2,1H3. The summed E-state index contributed by atoms with van der Waals surface area (Å²) in [7, 11) is 0. The van der Waals surface area contributed by atoms with Gasteiger partial charge in [-0.3, -0.25) is 0 Å². The van der Waals surface area contributed by atoms with E-state index in [4.69, 9.17) is 10.5 Å². The van der Waals surface area contributed by atoms with Gasteiger partial charge in [0.1, 0.15) is 11.9 Å². The highest BCUT2D eigenvalue weighted by Gasteiger charge is 2.12. The van der Waals surface area contributed by atoms with Crippen LogP contribution in [0.4, 0.5) is 0 Å². The molecule has 2 N–H and O–H groups in total. The van der Waals surface area contributed by atoms with Gasteiger partial charge in [-0.15, -0.1) is 0 Å². The third-order valence-electron chi connectivity index (χ3n) is 2.82. The molecule has 3 heteroatoms. The zero-order valence-electron chi connectivity index (χ0n) is 10.3. The highest BCUT2D eigenvalue weighted by molar-refractivity contribution is 9.10. The van der Waals surface area contributed by atoms with Crippen molar-refractivity contribution in [2.45, 2.75) is 13.0 Å². The van der Waals surface area contributed by atoms with Crippen molar-refractivity contribution in [3.63, 3.8) is 0 Å². The second-order valence-corrected chi connectivity index (χ2v) is 5.07. The smallest absolute Gasteiger partial charge is 0.136 e. The molecule has 0 aliphatic heterocycles. The molecule has 0 fully saturated rings. The number of aryl methyl sites for hydroxylation is 1. The molecule has 0 spiro atoms. The minimum atomic E-state index is -0.112. The summed E-state index contributed by atoms with van der Waals surface area (Å²) >= 11 is 3.42. The van der Waals surface area contributed by atoms with Crippen molar-refractivity contribution >= 4 is 15.9 Å². The summed E-state index contributed by atoms with van der Waals surface area (Å²) in [5, 5.41) is 0. The number of halogens is 1. The second kappa shape index (κ2) is 6.03. The second-order valence-electron chi connectivity index (χ2n) is 4.16. The maximum atomic E-state index is 5.98. The van der Waals surface area contributed by atoms with E-state index in [9.17, 15) is 0 Å². The van der Waals surface area contributed by atoms with E-state index in [1.807, 2.05) is 55.5 Å². The summed E-state index contributed by atoms with van der Waals surface area (Å²) in [5.74, 6) is 0.885. The Hall–Kier alpha value is -1.32. The van der Waals surface area contributed by atoms with Crippen molar-refractivity contribution in [2.75, 3.05) is 6.54 Å². The van der Waals surface area contributed by atoms with E-state index in [2.05, 4.69) is 15.9 Å². The van der Waals surface area contributed by atoms with Crippen LogP contribution in [-0.2, 0) is 0 Å². The molecule has 0 saturated carbocycles. The molecule has 0 aliphatic rings. The summed E-state index contributed by atoms with van der Waals surface area (Å²) in [6.45, 7) is 2.49. The topological polar surface area (TPSA) is 35.2 Å². The van der Waals surface area contributed by atoms with E-state index in [1.165, 1.54) is 0 Å². The predicted molar refractivity (Wildman–Crippen MR) is 77.7 cm³/mol. The normalized spacial score (nSPS) is 12.2. The fourth-order valence-electron chi connectivity index (χ4n) is 1.77. The van der Waals surface area contributed by atoms with E-state index in [-0.39, 0.29) is 6.10 Å². The van der Waals surface area contributed by atoms with Crippen LogP contribution in [0.1, 0.15) is 17.2 Å².